The summed E-state index contributed by atoms with van der Waals surface area (Å²) in [5.41, 5.74) is 14.2. The van der Waals surface area contributed by atoms with Crippen LogP contribution in [-0.4, -0.2) is 9.97 Å². The Morgan fingerprint density at radius 1 is 0.368 bits per heavy atom. The predicted octanol–water partition coefficient (Wildman–Crippen LogP) is 13.4. The quantitative estimate of drug-likeness (QED) is 0.171. The van der Waals surface area contributed by atoms with Crippen LogP contribution in [0.3, 0.4) is 0 Å². The van der Waals surface area contributed by atoms with Crippen LogP contribution in [0.25, 0.3) is 56.0 Å². The highest BCUT2D eigenvalue weighted by Gasteiger charge is 2.48. The smallest absolute Gasteiger partial charge is 0.178 e. The number of hydrogen-bond donors (Lipinski definition) is 0. The maximum absolute atomic E-state index is 7.05. The van der Waals surface area contributed by atoms with Crippen molar-refractivity contribution in [1.29, 1.82) is 0 Å². The second kappa shape index (κ2) is 13.3. The molecule has 0 atom stereocenters. The molecule has 7 aromatic carbocycles. The molecule has 0 saturated carbocycles. The SMILES string of the molecule is c1ccc(-c2cc(-c3ccccn3)cc(-c3ccccc3-c3ccc4c(c3)Oc3c(ccc5c3-c3ccccc3C5(c3ccccc3)c3ccccc3)O4)n2)cc1. The van der Waals surface area contributed by atoms with E-state index in [9.17, 15) is 0 Å². The first kappa shape index (κ1) is 32.8. The molecule has 1 aliphatic heterocycles. The zero-order valence-corrected chi connectivity index (χ0v) is 30.8. The molecule has 57 heavy (non-hydrogen) atoms. The van der Waals surface area contributed by atoms with Crippen molar-refractivity contribution in [3.05, 3.63) is 229 Å². The van der Waals surface area contributed by atoms with E-state index in [1.54, 1.807) is 0 Å². The molecule has 9 aromatic rings. The van der Waals surface area contributed by atoms with Crippen molar-refractivity contribution in [2.24, 2.45) is 0 Å². The van der Waals surface area contributed by atoms with Crippen molar-refractivity contribution in [2.45, 2.75) is 5.41 Å². The molecular weight excluding hydrogens is 697 g/mol. The topological polar surface area (TPSA) is 44.2 Å². The highest BCUT2D eigenvalue weighted by Crippen LogP contribution is 2.62. The zero-order chi connectivity index (χ0) is 37.8. The molecule has 11 rings (SSSR count). The highest BCUT2D eigenvalue weighted by atomic mass is 16.6. The Morgan fingerprint density at radius 3 is 1.74 bits per heavy atom. The van der Waals surface area contributed by atoms with Crippen LogP contribution in [0.15, 0.2) is 206 Å². The molecule has 268 valence electrons. The summed E-state index contributed by atoms with van der Waals surface area (Å²) in [5.74, 6) is 2.76. The van der Waals surface area contributed by atoms with E-state index in [0.29, 0.717) is 17.2 Å². The molecule has 2 aliphatic rings. The van der Waals surface area contributed by atoms with E-state index in [2.05, 4.69) is 163 Å². The van der Waals surface area contributed by atoms with Gasteiger partial charge in [0.2, 0.25) is 0 Å². The minimum Gasteiger partial charge on any atom is -0.449 e. The van der Waals surface area contributed by atoms with Gasteiger partial charge in [-0.3, -0.25) is 4.98 Å². The summed E-state index contributed by atoms with van der Waals surface area (Å²) >= 11 is 0. The lowest BCUT2D eigenvalue weighted by Crippen LogP contribution is -2.28. The average molecular weight is 731 g/mol. The molecule has 0 radical (unpaired) electrons. The number of aromatic nitrogens is 2. The summed E-state index contributed by atoms with van der Waals surface area (Å²) < 4.78 is 13.7. The van der Waals surface area contributed by atoms with Gasteiger partial charge < -0.3 is 9.47 Å². The van der Waals surface area contributed by atoms with Crippen LogP contribution in [0.4, 0.5) is 0 Å². The first-order valence-electron chi connectivity index (χ1n) is 19.2. The van der Waals surface area contributed by atoms with Crippen molar-refractivity contribution in [2.75, 3.05) is 0 Å². The molecule has 4 nitrogen and oxygen atoms in total. The summed E-state index contributed by atoms with van der Waals surface area (Å²) in [5, 5.41) is 0. The number of pyridine rings is 2. The second-order valence-electron chi connectivity index (χ2n) is 14.5. The first-order valence-corrected chi connectivity index (χ1v) is 19.2. The Labute approximate surface area is 331 Å². The lowest BCUT2D eigenvalue weighted by Gasteiger charge is -2.34. The number of ether oxygens (including phenoxy) is 2. The van der Waals surface area contributed by atoms with Gasteiger partial charge in [-0.25, -0.2) is 4.98 Å². The zero-order valence-electron chi connectivity index (χ0n) is 30.8. The average Bonchev–Trinajstić information content (AvgIpc) is 3.61. The summed E-state index contributed by atoms with van der Waals surface area (Å²) in [6.45, 7) is 0. The fourth-order valence-electron chi connectivity index (χ4n) is 8.80. The number of rotatable bonds is 6. The molecule has 0 amide bonds. The van der Waals surface area contributed by atoms with Crippen LogP contribution >= 0.6 is 0 Å². The lowest BCUT2D eigenvalue weighted by atomic mass is 9.68. The van der Waals surface area contributed by atoms with Gasteiger partial charge in [-0.1, -0.05) is 158 Å². The van der Waals surface area contributed by atoms with Crippen molar-refractivity contribution < 1.29 is 9.47 Å². The van der Waals surface area contributed by atoms with Gasteiger partial charge in [0.25, 0.3) is 0 Å². The maximum atomic E-state index is 7.05. The van der Waals surface area contributed by atoms with Gasteiger partial charge in [-0.15, -0.1) is 0 Å². The van der Waals surface area contributed by atoms with Crippen LogP contribution < -0.4 is 9.47 Å². The first-order chi connectivity index (χ1) is 28.3. The second-order valence-corrected chi connectivity index (χ2v) is 14.5. The van der Waals surface area contributed by atoms with E-state index in [4.69, 9.17) is 14.5 Å². The molecule has 4 heteroatoms. The normalized spacial score (nSPS) is 13.0. The van der Waals surface area contributed by atoms with E-state index < -0.39 is 5.41 Å². The fourth-order valence-corrected chi connectivity index (χ4v) is 8.80. The largest absolute Gasteiger partial charge is 0.449 e. The summed E-state index contributed by atoms with van der Waals surface area (Å²) in [6, 6.07) is 69.8. The van der Waals surface area contributed by atoms with Crippen molar-refractivity contribution in [3.8, 4) is 79.0 Å². The van der Waals surface area contributed by atoms with Gasteiger partial charge in [0.1, 0.15) is 0 Å². The molecule has 0 N–H and O–H groups in total. The van der Waals surface area contributed by atoms with Gasteiger partial charge >= 0.3 is 0 Å². The van der Waals surface area contributed by atoms with Crippen LogP contribution in [0.1, 0.15) is 22.3 Å². The van der Waals surface area contributed by atoms with Crippen LogP contribution in [0, 0.1) is 0 Å². The number of benzene rings is 7. The van der Waals surface area contributed by atoms with E-state index in [1.165, 1.54) is 22.3 Å². The monoisotopic (exact) mass is 730 g/mol. The summed E-state index contributed by atoms with van der Waals surface area (Å²) in [6.07, 6.45) is 1.83. The van der Waals surface area contributed by atoms with E-state index in [0.717, 1.165) is 61.8 Å². The molecule has 0 bridgehead atoms. The fraction of sp³-hybridized carbons (Fsp3) is 0.0189. The summed E-state index contributed by atoms with van der Waals surface area (Å²) in [4.78, 5) is 9.93. The van der Waals surface area contributed by atoms with Crippen molar-refractivity contribution in [3.63, 3.8) is 0 Å². The molecule has 1 aliphatic carbocycles. The third kappa shape index (κ3) is 5.30. The Morgan fingerprint density at radius 2 is 1.00 bits per heavy atom. The Kier molecular flexibility index (Phi) is 7.68. The molecular formula is C53H34N2O2. The Hall–Kier alpha value is -7.56. The van der Waals surface area contributed by atoms with Crippen molar-refractivity contribution in [1.82, 2.24) is 9.97 Å². The van der Waals surface area contributed by atoms with Gasteiger partial charge in [-0.05, 0) is 81.4 Å². The van der Waals surface area contributed by atoms with E-state index in [-0.39, 0.29) is 0 Å². The minimum atomic E-state index is -0.538. The van der Waals surface area contributed by atoms with Gasteiger partial charge in [0, 0.05) is 28.5 Å². The number of hydrogen-bond acceptors (Lipinski definition) is 4. The van der Waals surface area contributed by atoms with Crippen LogP contribution in [0.5, 0.6) is 23.0 Å². The van der Waals surface area contributed by atoms with Gasteiger partial charge in [-0.2, -0.15) is 0 Å². The molecule has 2 aromatic heterocycles. The lowest BCUT2D eigenvalue weighted by molar-refractivity contribution is 0.360. The molecule has 0 spiro atoms. The summed E-state index contributed by atoms with van der Waals surface area (Å²) in [7, 11) is 0. The highest BCUT2D eigenvalue weighted by molar-refractivity contribution is 5.92. The molecule has 0 saturated heterocycles. The Bertz CT molecular complexity index is 2850. The number of fused-ring (bicyclic) bond motifs is 6. The van der Waals surface area contributed by atoms with E-state index >= 15 is 0 Å². The van der Waals surface area contributed by atoms with Crippen LogP contribution in [-0.2, 0) is 5.41 Å². The molecule has 0 unspecified atom stereocenters. The standard InChI is InChI=1S/C53H34N2O2/c1-4-16-35(17-5-1)46-32-37(45-26-14-15-31-54-45)33-47(55-46)41-23-11-10-22-40(41)36-27-29-48-50(34-36)57-52-49(56-48)30-28-44-51(52)42-24-12-13-25-43(42)53(44,38-18-6-2-7-19-38)39-20-8-3-9-21-39/h1-34H. The van der Waals surface area contributed by atoms with Crippen molar-refractivity contribution >= 4 is 0 Å². The third-order valence-corrected chi connectivity index (χ3v) is 11.3. The Balaban J connectivity index is 1.05. The minimum absolute atomic E-state index is 0.538. The molecule has 3 heterocycles. The van der Waals surface area contributed by atoms with E-state index in [1.807, 2.05) is 48.7 Å². The maximum Gasteiger partial charge on any atom is 0.178 e. The van der Waals surface area contributed by atoms with Gasteiger partial charge in [0.15, 0.2) is 23.0 Å². The predicted molar refractivity (Wildman–Crippen MR) is 228 cm³/mol. The number of nitrogens with zero attached hydrogens (tertiary/aromatic N) is 2. The third-order valence-electron chi connectivity index (χ3n) is 11.3. The van der Waals surface area contributed by atoms with Crippen LogP contribution in [0.2, 0.25) is 0 Å². The molecule has 0 fully saturated rings. The van der Waals surface area contributed by atoms with Gasteiger partial charge in [0.05, 0.1) is 22.5 Å².